The number of likely N-dealkylation sites (tertiary alicyclic amines) is 1. The highest BCUT2D eigenvalue weighted by atomic mass is 16.6. The first-order chi connectivity index (χ1) is 15.0. The van der Waals surface area contributed by atoms with Gasteiger partial charge in [0.2, 0.25) is 0 Å². The molecular formula is C23H26N2O6. The maximum absolute atomic E-state index is 12.4. The predicted molar refractivity (Wildman–Crippen MR) is 112 cm³/mol. The highest BCUT2D eigenvalue weighted by molar-refractivity contribution is 5.73. The Morgan fingerprint density at radius 1 is 0.968 bits per heavy atom. The van der Waals surface area contributed by atoms with Crippen molar-refractivity contribution in [1.29, 1.82) is 0 Å². The molecule has 8 nitrogen and oxygen atoms in total. The van der Waals surface area contributed by atoms with Gasteiger partial charge in [0.05, 0.1) is 0 Å². The van der Waals surface area contributed by atoms with Crippen LogP contribution in [0.3, 0.4) is 0 Å². The average Bonchev–Trinajstić information content (AvgIpc) is 2.79. The summed E-state index contributed by atoms with van der Waals surface area (Å²) in [4.78, 5) is 38.3. The number of nitrogens with one attached hydrogen (secondary N) is 1. The Labute approximate surface area is 181 Å². The van der Waals surface area contributed by atoms with Crippen molar-refractivity contribution >= 4 is 18.2 Å². The van der Waals surface area contributed by atoms with E-state index in [0.29, 0.717) is 5.75 Å². The molecule has 1 aliphatic rings. The van der Waals surface area contributed by atoms with Crippen LogP contribution in [-0.4, -0.2) is 41.9 Å². The minimum Gasteiger partial charge on any atom is -0.445 e. The Balaban J connectivity index is 1.58. The second-order valence-corrected chi connectivity index (χ2v) is 7.18. The number of benzene rings is 2. The molecule has 8 heteroatoms. The smallest absolute Gasteiger partial charge is 0.415 e. The molecule has 164 valence electrons. The van der Waals surface area contributed by atoms with Gasteiger partial charge in [-0.3, -0.25) is 10.1 Å². The number of piperidine rings is 1. The standard InChI is InChI=1S/C23H26N2O6/c1-2-20(26)31-23(24-21(27)30-19-11-7-4-8-12-19)13-15-25(16-14-23)22(28)29-17-18-9-5-3-6-10-18/h3-12H,2,13-17H2,1H3,(H,24,27). The van der Waals surface area contributed by atoms with Crippen molar-refractivity contribution in [3.63, 3.8) is 0 Å². The highest BCUT2D eigenvalue weighted by Crippen LogP contribution is 2.26. The number of esters is 1. The van der Waals surface area contributed by atoms with Crippen LogP contribution in [0.25, 0.3) is 0 Å². The summed E-state index contributed by atoms with van der Waals surface area (Å²) in [5.74, 6) is -0.0704. The molecule has 0 saturated carbocycles. The summed E-state index contributed by atoms with van der Waals surface area (Å²) in [5.41, 5.74) is -0.348. The van der Waals surface area contributed by atoms with E-state index in [1.807, 2.05) is 36.4 Å². The van der Waals surface area contributed by atoms with Crippen LogP contribution in [0.5, 0.6) is 5.75 Å². The Morgan fingerprint density at radius 2 is 1.58 bits per heavy atom. The lowest BCUT2D eigenvalue weighted by Gasteiger charge is -2.40. The van der Waals surface area contributed by atoms with Crippen LogP contribution in [0, 0.1) is 0 Å². The summed E-state index contributed by atoms with van der Waals surface area (Å²) in [6.45, 7) is 2.37. The summed E-state index contributed by atoms with van der Waals surface area (Å²) < 4.78 is 16.2. The minimum atomic E-state index is -1.24. The van der Waals surface area contributed by atoms with Gasteiger partial charge in [-0.1, -0.05) is 55.5 Å². The number of hydrogen-bond donors (Lipinski definition) is 1. The van der Waals surface area contributed by atoms with E-state index in [0.717, 1.165) is 5.56 Å². The number of ether oxygens (including phenoxy) is 3. The van der Waals surface area contributed by atoms with Gasteiger partial charge in [-0.25, -0.2) is 9.59 Å². The summed E-state index contributed by atoms with van der Waals surface area (Å²) in [7, 11) is 0. The van der Waals surface area contributed by atoms with E-state index < -0.39 is 23.9 Å². The topological polar surface area (TPSA) is 94.2 Å². The highest BCUT2D eigenvalue weighted by Gasteiger charge is 2.41. The van der Waals surface area contributed by atoms with Gasteiger partial charge < -0.3 is 19.1 Å². The van der Waals surface area contributed by atoms with Crippen molar-refractivity contribution in [1.82, 2.24) is 10.2 Å². The zero-order chi connectivity index (χ0) is 22.1. The SMILES string of the molecule is CCC(=O)OC1(NC(=O)Oc2ccccc2)CCN(C(=O)OCc2ccccc2)CC1. The van der Waals surface area contributed by atoms with Gasteiger partial charge in [0, 0.05) is 32.4 Å². The van der Waals surface area contributed by atoms with E-state index in [4.69, 9.17) is 14.2 Å². The van der Waals surface area contributed by atoms with Crippen LogP contribution >= 0.6 is 0 Å². The van der Waals surface area contributed by atoms with E-state index in [1.165, 1.54) is 4.90 Å². The number of carbonyl (C=O) groups excluding carboxylic acids is 3. The number of carbonyl (C=O) groups is 3. The average molecular weight is 426 g/mol. The van der Waals surface area contributed by atoms with Gasteiger partial charge in [0.15, 0.2) is 5.72 Å². The third-order valence-electron chi connectivity index (χ3n) is 4.92. The molecule has 0 aromatic heterocycles. The molecule has 0 radical (unpaired) electrons. The lowest BCUT2D eigenvalue weighted by Crippen LogP contribution is -2.59. The van der Waals surface area contributed by atoms with Crippen molar-refractivity contribution in [3.05, 3.63) is 66.2 Å². The fourth-order valence-electron chi connectivity index (χ4n) is 3.21. The molecule has 2 amide bonds. The molecule has 0 spiro atoms. The number of hydrogen-bond acceptors (Lipinski definition) is 6. The molecule has 1 fully saturated rings. The van der Waals surface area contributed by atoms with Crippen LogP contribution in [-0.2, 0) is 20.9 Å². The van der Waals surface area contributed by atoms with E-state index in [2.05, 4.69) is 5.32 Å². The Hall–Kier alpha value is -3.55. The molecule has 1 N–H and O–H groups in total. The third-order valence-corrected chi connectivity index (χ3v) is 4.92. The lowest BCUT2D eigenvalue weighted by atomic mass is 10.0. The zero-order valence-electron chi connectivity index (χ0n) is 17.4. The minimum absolute atomic E-state index is 0.167. The van der Waals surface area contributed by atoms with Crippen LogP contribution in [0.15, 0.2) is 60.7 Å². The number of amides is 2. The number of para-hydroxylation sites is 1. The van der Waals surface area contributed by atoms with Crippen LogP contribution < -0.4 is 10.1 Å². The van der Waals surface area contributed by atoms with Gasteiger partial charge in [-0.15, -0.1) is 0 Å². The van der Waals surface area contributed by atoms with E-state index >= 15 is 0 Å². The van der Waals surface area contributed by atoms with Crippen molar-refractivity contribution < 1.29 is 28.6 Å². The first-order valence-corrected chi connectivity index (χ1v) is 10.2. The van der Waals surface area contributed by atoms with Gasteiger partial charge in [-0.2, -0.15) is 0 Å². The second kappa shape index (κ2) is 10.5. The molecule has 1 saturated heterocycles. The fourth-order valence-corrected chi connectivity index (χ4v) is 3.21. The summed E-state index contributed by atoms with van der Waals surface area (Å²) >= 11 is 0. The molecular weight excluding hydrogens is 400 g/mol. The molecule has 31 heavy (non-hydrogen) atoms. The Bertz CT molecular complexity index is 879. The van der Waals surface area contributed by atoms with E-state index in [-0.39, 0.29) is 39.0 Å². The Morgan fingerprint density at radius 3 is 2.19 bits per heavy atom. The van der Waals surface area contributed by atoms with E-state index in [9.17, 15) is 14.4 Å². The summed E-state index contributed by atoms with van der Waals surface area (Å²) in [5, 5.41) is 2.68. The van der Waals surface area contributed by atoms with Crippen LogP contribution in [0.2, 0.25) is 0 Å². The summed E-state index contributed by atoms with van der Waals surface area (Å²) in [6, 6.07) is 18.0. The van der Waals surface area contributed by atoms with Crippen molar-refractivity contribution in [2.24, 2.45) is 0 Å². The fraction of sp³-hybridized carbons (Fsp3) is 0.348. The van der Waals surface area contributed by atoms with E-state index in [1.54, 1.807) is 31.2 Å². The third kappa shape index (κ3) is 6.47. The maximum atomic E-state index is 12.4. The monoisotopic (exact) mass is 426 g/mol. The number of rotatable bonds is 6. The number of nitrogens with zero attached hydrogens (tertiary/aromatic N) is 1. The molecule has 0 atom stereocenters. The Kier molecular flexibility index (Phi) is 7.48. The van der Waals surface area contributed by atoms with Gasteiger partial charge in [0.1, 0.15) is 12.4 Å². The molecule has 0 bridgehead atoms. The zero-order valence-corrected chi connectivity index (χ0v) is 17.4. The van der Waals surface area contributed by atoms with Gasteiger partial charge in [-0.05, 0) is 17.7 Å². The maximum Gasteiger partial charge on any atom is 0.415 e. The van der Waals surface area contributed by atoms with Crippen LogP contribution in [0.4, 0.5) is 9.59 Å². The van der Waals surface area contributed by atoms with Crippen molar-refractivity contribution in [2.75, 3.05) is 13.1 Å². The van der Waals surface area contributed by atoms with Gasteiger partial charge >= 0.3 is 18.2 Å². The lowest BCUT2D eigenvalue weighted by molar-refractivity contribution is -0.167. The first-order valence-electron chi connectivity index (χ1n) is 10.2. The second-order valence-electron chi connectivity index (χ2n) is 7.18. The molecule has 2 aromatic rings. The molecule has 0 aliphatic carbocycles. The van der Waals surface area contributed by atoms with Gasteiger partial charge in [0.25, 0.3) is 0 Å². The molecule has 1 heterocycles. The van der Waals surface area contributed by atoms with Crippen molar-refractivity contribution in [2.45, 2.75) is 38.5 Å². The first kappa shape index (κ1) is 22.1. The largest absolute Gasteiger partial charge is 0.445 e. The molecule has 1 aliphatic heterocycles. The van der Waals surface area contributed by atoms with Crippen molar-refractivity contribution in [3.8, 4) is 5.75 Å². The predicted octanol–water partition coefficient (Wildman–Crippen LogP) is 3.86. The van der Waals surface area contributed by atoms with Crippen LogP contribution in [0.1, 0.15) is 31.7 Å². The molecule has 0 unspecified atom stereocenters. The quantitative estimate of drug-likeness (QED) is 0.557. The molecule has 2 aromatic carbocycles. The summed E-state index contributed by atoms with van der Waals surface area (Å²) in [6.07, 6.45) is -0.562. The molecule has 3 rings (SSSR count). The normalized spacial score (nSPS) is 14.9.